The molecular weight excluding hydrogens is 709 g/mol. The Morgan fingerprint density at radius 3 is 1.82 bits per heavy atom. The minimum Gasteiger partial charge on any atom is -0.436 e. The number of benzene rings is 4. The Morgan fingerprint density at radius 1 is 0.667 bits per heavy atom. The van der Waals surface area contributed by atoms with Crippen molar-refractivity contribution >= 4 is 73.7 Å². The fourth-order valence-electron chi connectivity index (χ4n) is 6.91. The monoisotopic (exact) mass is 743 g/mol. The standard InChI is InChI=1S/C20H16Cl3N3O2.C19H20N2O2/c21-20(22,23)19-25-15-11-12(18-24-14-3-1-2-4-17(14)28-18)5-6-16(15)26(19)13-7-9-27-10-8-13;20-16-12-15(19-21-17-3-1-2-4-18(17)23-19)6-5-14(16)11-13-7-9-22-10-8-13/h1-6,11,13H,7-10H2;1-6,12-13H,7-11,20H2. The molecule has 0 unspecified atom stereocenters. The molecule has 3 aromatic heterocycles. The molecule has 0 atom stereocenters. The van der Waals surface area contributed by atoms with Gasteiger partial charge in [-0.25, -0.2) is 15.0 Å². The number of alkyl halides is 3. The molecule has 9 rings (SSSR count). The van der Waals surface area contributed by atoms with Crippen LogP contribution in [0.4, 0.5) is 5.69 Å². The Kier molecular flexibility index (Phi) is 9.65. The highest BCUT2D eigenvalue weighted by molar-refractivity contribution is 6.66. The fraction of sp³-hybridized carbons (Fsp3) is 0.308. The molecule has 7 aromatic rings. The number of para-hydroxylation sites is 4. The first-order valence-electron chi connectivity index (χ1n) is 17.1. The van der Waals surface area contributed by atoms with Crippen LogP contribution in [0.2, 0.25) is 0 Å². The number of nitrogens with two attached hydrogens (primary N) is 1. The number of fused-ring (bicyclic) bond motifs is 3. The van der Waals surface area contributed by atoms with E-state index in [9.17, 15) is 0 Å². The van der Waals surface area contributed by atoms with Gasteiger partial charge in [-0.3, -0.25) is 0 Å². The molecule has 2 fully saturated rings. The molecular formula is C39H36Cl3N5O4. The van der Waals surface area contributed by atoms with Gasteiger partial charge in [0.1, 0.15) is 11.0 Å². The first-order chi connectivity index (χ1) is 24.8. The van der Waals surface area contributed by atoms with E-state index in [4.69, 9.17) is 58.8 Å². The second-order valence-corrected chi connectivity index (χ2v) is 15.3. The van der Waals surface area contributed by atoms with E-state index in [1.54, 1.807) is 0 Å². The maximum atomic E-state index is 6.27. The minimum absolute atomic E-state index is 0.180. The van der Waals surface area contributed by atoms with Crippen LogP contribution in [0.25, 0.3) is 56.1 Å². The number of aromatic nitrogens is 4. The quantitative estimate of drug-likeness (QED) is 0.137. The first-order valence-corrected chi connectivity index (χ1v) is 18.3. The third-order valence-corrected chi connectivity index (χ3v) is 10.1. The molecule has 0 spiro atoms. The van der Waals surface area contributed by atoms with Gasteiger partial charge >= 0.3 is 0 Å². The molecule has 0 amide bonds. The predicted molar refractivity (Wildman–Crippen MR) is 202 cm³/mol. The zero-order chi connectivity index (χ0) is 35.0. The number of hydrogen-bond donors (Lipinski definition) is 1. The number of hydrogen-bond acceptors (Lipinski definition) is 8. The zero-order valence-electron chi connectivity index (χ0n) is 27.7. The predicted octanol–water partition coefficient (Wildman–Crippen LogP) is 10.1. The Morgan fingerprint density at radius 2 is 1.24 bits per heavy atom. The number of anilines is 1. The van der Waals surface area contributed by atoms with Crippen molar-refractivity contribution in [2.45, 2.75) is 41.9 Å². The van der Waals surface area contributed by atoms with E-state index in [2.05, 4.69) is 27.1 Å². The van der Waals surface area contributed by atoms with Gasteiger partial charge in [-0.1, -0.05) is 65.1 Å². The molecule has 2 saturated heterocycles. The van der Waals surface area contributed by atoms with Crippen LogP contribution in [0.1, 0.15) is 43.1 Å². The van der Waals surface area contributed by atoms with Gasteiger partial charge in [-0.2, -0.15) is 0 Å². The number of halogens is 3. The normalized spacial score (nSPS) is 16.1. The molecule has 0 radical (unpaired) electrons. The lowest BCUT2D eigenvalue weighted by Crippen LogP contribution is -2.23. The summed E-state index contributed by atoms with van der Waals surface area (Å²) in [5.74, 6) is 2.25. The Bertz CT molecular complexity index is 2230. The molecule has 0 bridgehead atoms. The molecule has 5 heterocycles. The van der Waals surface area contributed by atoms with Crippen molar-refractivity contribution in [3.63, 3.8) is 0 Å². The Balaban J connectivity index is 0.000000150. The summed E-state index contributed by atoms with van der Waals surface area (Å²) in [6.07, 6.45) is 4.96. The first kappa shape index (κ1) is 34.0. The highest BCUT2D eigenvalue weighted by Crippen LogP contribution is 2.42. The van der Waals surface area contributed by atoms with Crippen molar-refractivity contribution in [1.29, 1.82) is 0 Å². The molecule has 0 saturated carbocycles. The lowest BCUT2D eigenvalue weighted by atomic mass is 9.91. The van der Waals surface area contributed by atoms with E-state index in [0.717, 1.165) is 95.4 Å². The van der Waals surface area contributed by atoms with Crippen LogP contribution < -0.4 is 5.73 Å². The van der Waals surface area contributed by atoms with E-state index >= 15 is 0 Å². The van der Waals surface area contributed by atoms with Crippen LogP contribution in [-0.4, -0.2) is 45.9 Å². The van der Waals surface area contributed by atoms with Gasteiger partial charge in [-0.15, -0.1) is 0 Å². The summed E-state index contributed by atoms with van der Waals surface area (Å²) in [5, 5.41) is 0. The van der Waals surface area contributed by atoms with Crippen molar-refractivity contribution in [3.8, 4) is 22.9 Å². The van der Waals surface area contributed by atoms with Crippen molar-refractivity contribution in [1.82, 2.24) is 19.5 Å². The molecule has 4 aromatic carbocycles. The summed E-state index contributed by atoms with van der Waals surface area (Å²) >= 11 is 18.8. The van der Waals surface area contributed by atoms with Gasteiger partial charge in [0, 0.05) is 49.3 Å². The molecule has 2 aliphatic rings. The molecule has 262 valence electrons. The summed E-state index contributed by atoms with van der Waals surface area (Å²) < 4.78 is 23.0. The van der Waals surface area contributed by atoms with Crippen LogP contribution in [0.5, 0.6) is 0 Å². The SMILES string of the molecule is ClC(Cl)(Cl)c1nc2cc(-c3nc4ccccc4o3)ccc2n1C1CCOCC1.Nc1cc(-c2nc3ccccc3o2)ccc1CC1CCOCC1. The topological polar surface area (TPSA) is 114 Å². The minimum atomic E-state index is -1.62. The lowest BCUT2D eigenvalue weighted by molar-refractivity contribution is 0.0666. The summed E-state index contributed by atoms with van der Waals surface area (Å²) in [5.41, 5.74) is 14.9. The van der Waals surface area contributed by atoms with Gasteiger partial charge in [0.05, 0.1) is 11.0 Å². The third kappa shape index (κ3) is 7.32. The molecule has 9 nitrogen and oxygen atoms in total. The Labute approximate surface area is 309 Å². The van der Waals surface area contributed by atoms with E-state index in [1.165, 1.54) is 5.56 Å². The maximum Gasteiger partial charge on any atom is 0.248 e. The van der Waals surface area contributed by atoms with E-state index < -0.39 is 3.79 Å². The highest BCUT2D eigenvalue weighted by atomic mass is 35.6. The van der Waals surface area contributed by atoms with Crippen molar-refractivity contribution in [2.75, 3.05) is 32.2 Å². The van der Waals surface area contributed by atoms with Crippen LogP contribution >= 0.6 is 34.8 Å². The molecule has 2 N–H and O–H groups in total. The van der Waals surface area contributed by atoms with Crippen molar-refractivity contribution in [2.24, 2.45) is 5.92 Å². The maximum absolute atomic E-state index is 6.27. The summed E-state index contributed by atoms with van der Waals surface area (Å²) in [6.45, 7) is 3.10. The van der Waals surface area contributed by atoms with E-state index in [0.29, 0.717) is 36.7 Å². The second-order valence-electron chi connectivity index (χ2n) is 13.0. The number of ether oxygens (including phenoxy) is 2. The third-order valence-electron chi connectivity index (χ3n) is 9.58. The smallest absolute Gasteiger partial charge is 0.248 e. The molecule has 51 heavy (non-hydrogen) atoms. The van der Waals surface area contributed by atoms with Gasteiger partial charge in [0.2, 0.25) is 15.6 Å². The highest BCUT2D eigenvalue weighted by Gasteiger charge is 2.34. The number of rotatable bonds is 5. The van der Waals surface area contributed by atoms with Crippen LogP contribution in [0.15, 0.2) is 93.8 Å². The molecule has 12 heteroatoms. The van der Waals surface area contributed by atoms with Crippen molar-refractivity contribution in [3.05, 3.63) is 96.3 Å². The number of nitrogen functional groups attached to an aromatic ring is 1. The van der Waals surface area contributed by atoms with Gasteiger partial charge < -0.3 is 28.6 Å². The zero-order valence-corrected chi connectivity index (χ0v) is 30.0. The average Bonchev–Trinajstić information content (AvgIpc) is 3.89. The number of imidazole rings is 1. The van der Waals surface area contributed by atoms with Crippen LogP contribution in [0.3, 0.4) is 0 Å². The fourth-order valence-corrected chi connectivity index (χ4v) is 7.31. The largest absolute Gasteiger partial charge is 0.436 e. The van der Waals surface area contributed by atoms with Gasteiger partial charge in [-0.05, 0) is 98.2 Å². The number of oxazole rings is 2. The molecule has 0 aliphatic carbocycles. The van der Waals surface area contributed by atoms with Gasteiger partial charge in [0.25, 0.3) is 0 Å². The van der Waals surface area contributed by atoms with E-state index in [1.807, 2.05) is 77.4 Å². The van der Waals surface area contributed by atoms with Crippen LogP contribution in [-0.2, 0) is 19.7 Å². The lowest BCUT2D eigenvalue weighted by Gasteiger charge is -2.27. The van der Waals surface area contributed by atoms with E-state index in [-0.39, 0.29) is 6.04 Å². The number of nitrogens with zero attached hydrogens (tertiary/aromatic N) is 4. The Hall–Kier alpha value is -4.12. The van der Waals surface area contributed by atoms with Gasteiger partial charge in [0.15, 0.2) is 17.0 Å². The van der Waals surface area contributed by atoms with Crippen LogP contribution in [0, 0.1) is 5.92 Å². The summed E-state index contributed by atoms with van der Waals surface area (Å²) in [6, 6.07) is 27.6. The molecule has 2 aliphatic heterocycles. The average molecular weight is 745 g/mol. The summed E-state index contributed by atoms with van der Waals surface area (Å²) in [4.78, 5) is 13.7. The van der Waals surface area contributed by atoms with Crippen molar-refractivity contribution < 1.29 is 18.3 Å². The second kappa shape index (κ2) is 14.5. The summed E-state index contributed by atoms with van der Waals surface area (Å²) in [7, 11) is 0.